The van der Waals surface area contributed by atoms with Crippen molar-refractivity contribution in [3.63, 3.8) is 0 Å². The molecule has 7 nitrogen and oxygen atoms in total. The highest BCUT2D eigenvalue weighted by Crippen LogP contribution is 2.37. The average Bonchev–Trinajstić information content (AvgIpc) is 2.82. The molecule has 0 fully saturated rings. The van der Waals surface area contributed by atoms with Gasteiger partial charge in [0.15, 0.2) is 0 Å². The maximum absolute atomic E-state index is 12.8. The van der Waals surface area contributed by atoms with E-state index in [9.17, 15) is 18.0 Å². The summed E-state index contributed by atoms with van der Waals surface area (Å²) in [7, 11) is 3.19. The number of ether oxygens (including phenoxy) is 1. The summed E-state index contributed by atoms with van der Waals surface area (Å²) >= 11 is 0. The Morgan fingerprint density at radius 1 is 1.24 bits per heavy atom. The topological polar surface area (TPSA) is 78.3 Å². The van der Waals surface area contributed by atoms with Gasteiger partial charge in [0, 0.05) is 19.0 Å². The van der Waals surface area contributed by atoms with Gasteiger partial charge in [0.25, 0.3) is 0 Å². The fraction of sp³-hybridized carbons (Fsp3) is 0.292. The summed E-state index contributed by atoms with van der Waals surface area (Å²) < 4.78 is 43.9. The van der Waals surface area contributed by atoms with Crippen molar-refractivity contribution < 1.29 is 22.7 Å². The number of para-hydroxylation sites is 1. The third kappa shape index (κ3) is 5.75. The number of aliphatic imine (C=N–C) groups is 1. The lowest BCUT2D eigenvalue weighted by molar-refractivity contribution is -0.137. The van der Waals surface area contributed by atoms with E-state index in [1.165, 1.54) is 6.07 Å². The minimum Gasteiger partial charge on any atom is -0.495 e. The zero-order valence-corrected chi connectivity index (χ0v) is 19.2. The first-order chi connectivity index (χ1) is 16.1. The van der Waals surface area contributed by atoms with Crippen LogP contribution in [0.5, 0.6) is 5.75 Å². The highest BCUT2D eigenvalue weighted by molar-refractivity contribution is 6.07. The number of hydrogen-bond donors (Lipinski definition) is 2. The van der Waals surface area contributed by atoms with Crippen molar-refractivity contribution in [2.45, 2.75) is 25.9 Å². The summed E-state index contributed by atoms with van der Waals surface area (Å²) in [5.74, 6) is 0.799. The van der Waals surface area contributed by atoms with Gasteiger partial charge in [0.2, 0.25) is 11.9 Å². The summed E-state index contributed by atoms with van der Waals surface area (Å²) in [6.07, 6.45) is -4.16. The summed E-state index contributed by atoms with van der Waals surface area (Å²) in [5, 5.41) is 12.0. The SMILES string of the molecule is C=C1c2cccc(OC)c2NC(=NC)N1/N=C(\C)CNC(=O)CCc1cccc(C(F)(F)F)c1. The maximum atomic E-state index is 12.8. The minimum absolute atomic E-state index is 0.0570. The number of benzene rings is 2. The molecule has 0 atom stereocenters. The number of nitrogens with one attached hydrogen (secondary N) is 2. The first-order valence-corrected chi connectivity index (χ1v) is 10.5. The van der Waals surface area contributed by atoms with Crippen LogP contribution < -0.4 is 15.4 Å². The van der Waals surface area contributed by atoms with Gasteiger partial charge in [-0.05, 0) is 31.0 Å². The molecule has 3 rings (SSSR count). The monoisotopic (exact) mass is 473 g/mol. The second-order valence-electron chi connectivity index (χ2n) is 7.62. The molecule has 34 heavy (non-hydrogen) atoms. The van der Waals surface area contributed by atoms with Crippen molar-refractivity contribution in [3.8, 4) is 5.75 Å². The van der Waals surface area contributed by atoms with Gasteiger partial charge >= 0.3 is 6.18 Å². The predicted molar refractivity (Wildman–Crippen MR) is 127 cm³/mol. The molecular weight excluding hydrogens is 447 g/mol. The second-order valence-corrected chi connectivity index (χ2v) is 7.62. The number of fused-ring (bicyclic) bond motifs is 1. The van der Waals surface area contributed by atoms with Crippen molar-refractivity contribution in [2.24, 2.45) is 10.1 Å². The highest BCUT2D eigenvalue weighted by Gasteiger charge is 2.30. The zero-order chi connectivity index (χ0) is 24.9. The number of nitrogens with zero attached hydrogens (tertiary/aromatic N) is 3. The van der Waals surface area contributed by atoms with Crippen LogP contribution in [0.15, 0.2) is 59.1 Å². The summed E-state index contributed by atoms with van der Waals surface area (Å²) in [4.78, 5) is 16.5. The van der Waals surface area contributed by atoms with Gasteiger partial charge in [0.1, 0.15) is 5.75 Å². The predicted octanol–water partition coefficient (Wildman–Crippen LogP) is 4.52. The van der Waals surface area contributed by atoms with Gasteiger partial charge in [0.05, 0.1) is 36.3 Å². The smallest absolute Gasteiger partial charge is 0.416 e. The molecule has 2 aromatic carbocycles. The number of carbonyl (C=O) groups is 1. The molecule has 2 aromatic rings. The molecule has 0 aliphatic carbocycles. The molecule has 0 spiro atoms. The van der Waals surface area contributed by atoms with Crippen LogP contribution in [0.25, 0.3) is 5.70 Å². The third-order valence-corrected chi connectivity index (χ3v) is 5.17. The number of aryl methyl sites for hydroxylation is 1. The number of alkyl halides is 3. The summed E-state index contributed by atoms with van der Waals surface area (Å²) in [6.45, 7) is 6.03. The molecule has 0 saturated carbocycles. The molecule has 0 radical (unpaired) electrons. The number of methoxy groups -OCH3 is 1. The van der Waals surface area contributed by atoms with E-state index in [2.05, 4.69) is 27.3 Å². The normalized spacial score (nSPS) is 15.1. The first kappa shape index (κ1) is 24.8. The van der Waals surface area contributed by atoms with Crippen LogP contribution >= 0.6 is 0 Å². The number of hydrogen-bond acceptors (Lipinski definition) is 4. The van der Waals surface area contributed by atoms with Crippen LogP contribution in [-0.2, 0) is 17.4 Å². The molecule has 10 heteroatoms. The molecule has 1 aliphatic rings. The largest absolute Gasteiger partial charge is 0.495 e. The molecular formula is C24H26F3N5O2. The number of halogens is 3. The lowest BCUT2D eigenvalue weighted by Gasteiger charge is -2.31. The van der Waals surface area contributed by atoms with Gasteiger partial charge in [-0.15, -0.1) is 0 Å². The Hall–Kier alpha value is -3.82. The van der Waals surface area contributed by atoms with Gasteiger partial charge in [-0.3, -0.25) is 9.79 Å². The molecule has 0 saturated heterocycles. The number of guanidine groups is 1. The lowest BCUT2D eigenvalue weighted by atomic mass is 10.1. The number of rotatable bonds is 7. The Balaban J connectivity index is 1.61. The molecule has 0 aromatic heterocycles. The summed E-state index contributed by atoms with van der Waals surface area (Å²) in [5.41, 5.74) is 2.43. The van der Waals surface area contributed by atoms with Crippen molar-refractivity contribution >= 4 is 29.0 Å². The minimum atomic E-state index is -4.41. The van der Waals surface area contributed by atoms with Crippen molar-refractivity contribution in [1.29, 1.82) is 0 Å². The Bertz CT molecular complexity index is 1140. The van der Waals surface area contributed by atoms with Crippen LogP contribution in [0.2, 0.25) is 0 Å². The Morgan fingerprint density at radius 3 is 2.65 bits per heavy atom. The van der Waals surface area contributed by atoms with Crippen LogP contribution in [0.1, 0.15) is 30.0 Å². The third-order valence-electron chi connectivity index (χ3n) is 5.17. The van der Waals surface area contributed by atoms with Crippen molar-refractivity contribution in [3.05, 3.63) is 65.7 Å². The maximum Gasteiger partial charge on any atom is 0.416 e. The van der Waals surface area contributed by atoms with E-state index in [4.69, 9.17) is 4.74 Å². The number of anilines is 1. The molecule has 2 N–H and O–H groups in total. The molecule has 1 amide bonds. The fourth-order valence-corrected chi connectivity index (χ4v) is 3.42. The standard InChI is InChI=1S/C24H26F3N5O2/c1-15(14-29-21(33)12-11-17-7-5-8-18(13-17)24(25,26)27)31-32-16(2)19-9-6-10-20(34-4)22(19)30-23(32)28-3/h5-10,13H,2,11-12,14H2,1,3-4H3,(H,28,30)(H,29,33)/b31-15+. The van der Waals surface area contributed by atoms with E-state index in [1.807, 2.05) is 18.2 Å². The first-order valence-electron chi connectivity index (χ1n) is 10.5. The van der Waals surface area contributed by atoms with Crippen LogP contribution in [0.3, 0.4) is 0 Å². The Kier molecular flexibility index (Phi) is 7.60. The summed E-state index contributed by atoms with van der Waals surface area (Å²) in [6, 6.07) is 10.5. The fourth-order valence-electron chi connectivity index (χ4n) is 3.42. The lowest BCUT2D eigenvalue weighted by Crippen LogP contribution is -2.37. The van der Waals surface area contributed by atoms with Gasteiger partial charge in [-0.25, -0.2) is 5.01 Å². The van der Waals surface area contributed by atoms with Crippen molar-refractivity contribution in [1.82, 2.24) is 10.3 Å². The van der Waals surface area contributed by atoms with Crippen LogP contribution in [0, 0.1) is 0 Å². The molecule has 1 aliphatic heterocycles. The van der Waals surface area contributed by atoms with E-state index < -0.39 is 11.7 Å². The number of hydrazone groups is 1. The molecule has 0 unspecified atom stereocenters. The van der Waals surface area contributed by atoms with Crippen LogP contribution in [0.4, 0.5) is 18.9 Å². The second kappa shape index (κ2) is 10.4. The number of amides is 1. The molecule has 1 heterocycles. The Labute approximate surface area is 196 Å². The van der Waals surface area contributed by atoms with Gasteiger partial charge < -0.3 is 15.4 Å². The van der Waals surface area contributed by atoms with E-state index in [0.29, 0.717) is 28.7 Å². The average molecular weight is 473 g/mol. The van der Waals surface area contributed by atoms with E-state index >= 15 is 0 Å². The molecule has 0 bridgehead atoms. The zero-order valence-electron chi connectivity index (χ0n) is 19.2. The Morgan fingerprint density at radius 2 is 1.97 bits per heavy atom. The van der Waals surface area contributed by atoms with E-state index in [1.54, 1.807) is 32.2 Å². The van der Waals surface area contributed by atoms with Gasteiger partial charge in [-0.2, -0.15) is 18.3 Å². The number of carbonyl (C=O) groups excluding carboxylic acids is 1. The van der Waals surface area contributed by atoms with E-state index in [-0.39, 0.29) is 25.3 Å². The van der Waals surface area contributed by atoms with Crippen LogP contribution in [-0.4, -0.2) is 43.3 Å². The quantitative estimate of drug-likeness (QED) is 0.580. The molecule has 180 valence electrons. The van der Waals surface area contributed by atoms with Gasteiger partial charge in [-0.1, -0.05) is 36.9 Å². The highest BCUT2D eigenvalue weighted by atomic mass is 19.4. The van der Waals surface area contributed by atoms with Crippen molar-refractivity contribution in [2.75, 3.05) is 26.0 Å². The van der Waals surface area contributed by atoms with E-state index in [0.717, 1.165) is 23.4 Å².